The van der Waals surface area contributed by atoms with Gasteiger partial charge in [0.05, 0.1) is 11.5 Å². The number of rotatable bonds is 4. The monoisotopic (exact) mass is 271 g/mol. The second-order valence-corrected chi connectivity index (χ2v) is 7.21. The van der Waals surface area contributed by atoms with Crippen LogP contribution in [0.25, 0.3) is 0 Å². The van der Waals surface area contributed by atoms with E-state index in [1.807, 2.05) is 0 Å². The lowest BCUT2D eigenvalue weighted by Gasteiger charge is -2.10. The van der Waals surface area contributed by atoms with Gasteiger partial charge in [0.25, 0.3) is 0 Å². The zero-order chi connectivity index (χ0) is 13.2. The molecule has 1 aromatic rings. The number of sulfone groups is 1. The summed E-state index contributed by atoms with van der Waals surface area (Å²) >= 11 is 0. The lowest BCUT2D eigenvalue weighted by atomic mass is 10.1. The molecule has 0 amide bonds. The molecule has 2 N–H and O–H groups in total. The van der Waals surface area contributed by atoms with Gasteiger partial charge in [0, 0.05) is 5.69 Å². The molecule has 18 heavy (non-hydrogen) atoms. The molecule has 0 bridgehead atoms. The fourth-order valence-electron chi connectivity index (χ4n) is 2.61. The SMILES string of the molecule is Nc1cc(F)cc(CS(=O)(=O)CC2CCCC2)c1. The van der Waals surface area contributed by atoms with Crippen LogP contribution in [-0.4, -0.2) is 14.2 Å². The molecule has 0 saturated heterocycles. The second kappa shape index (κ2) is 5.26. The normalized spacial score (nSPS) is 17.2. The number of halogens is 1. The maximum atomic E-state index is 13.1. The van der Waals surface area contributed by atoms with E-state index < -0.39 is 15.7 Å². The third-order valence-electron chi connectivity index (χ3n) is 3.33. The molecule has 1 fully saturated rings. The third-order valence-corrected chi connectivity index (χ3v) is 5.08. The molecule has 5 heteroatoms. The molecule has 3 nitrogen and oxygen atoms in total. The number of hydrogen-bond acceptors (Lipinski definition) is 3. The van der Waals surface area contributed by atoms with Crippen LogP contribution in [0.15, 0.2) is 18.2 Å². The Bertz CT molecular complexity index is 502. The van der Waals surface area contributed by atoms with Crippen LogP contribution in [-0.2, 0) is 15.6 Å². The number of hydrogen-bond donors (Lipinski definition) is 1. The molecular formula is C13H18FNO2S. The van der Waals surface area contributed by atoms with E-state index in [0.29, 0.717) is 5.56 Å². The van der Waals surface area contributed by atoms with E-state index in [1.54, 1.807) is 0 Å². The highest BCUT2D eigenvalue weighted by Crippen LogP contribution is 2.27. The molecule has 1 aliphatic carbocycles. The van der Waals surface area contributed by atoms with Gasteiger partial charge in [-0.05, 0) is 42.5 Å². The largest absolute Gasteiger partial charge is 0.399 e. The van der Waals surface area contributed by atoms with Crippen molar-refractivity contribution in [3.63, 3.8) is 0 Å². The van der Waals surface area contributed by atoms with Gasteiger partial charge in [-0.1, -0.05) is 12.8 Å². The van der Waals surface area contributed by atoms with Gasteiger partial charge in [-0.25, -0.2) is 12.8 Å². The number of anilines is 1. The lowest BCUT2D eigenvalue weighted by molar-refractivity contribution is 0.558. The minimum atomic E-state index is -3.17. The van der Waals surface area contributed by atoms with Gasteiger partial charge < -0.3 is 5.73 Å². The van der Waals surface area contributed by atoms with Crippen LogP contribution in [0.3, 0.4) is 0 Å². The van der Waals surface area contributed by atoms with Gasteiger partial charge in [0.2, 0.25) is 0 Å². The quantitative estimate of drug-likeness (QED) is 0.856. The molecule has 0 atom stereocenters. The third kappa shape index (κ3) is 3.70. The van der Waals surface area contributed by atoms with E-state index in [2.05, 4.69) is 0 Å². The average Bonchev–Trinajstić information content (AvgIpc) is 2.66. The highest BCUT2D eigenvalue weighted by atomic mass is 32.2. The summed E-state index contributed by atoms with van der Waals surface area (Å²) in [6.07, 6.45) is 4.22. The first-order valence-corrected chi connectivity index (χ1v) is 8.02. The van der Waals surface area contributed by atoms with E-state index >= 15 is 0 Å². The first-order chi connectivity index (χ1) is 8.44. The molecule has 0 spiro atoms. The molecule has 0 heterocycles. The van der Waals surface area contributed by atoms with Gasteiger partial charge >= 0.3 is 0 Å². The zero-order valence-electron chi connectivity index (χ0n) is 10.2. The Balaban J connectivity index is 2.06. The Kier molecular flexibility index (Phi) is 3.90. The van der Waals surface area contributed by atoms with Crippen LogP contribution < -0.4 is 5.73 Å². The summed E-state index contributed by atoms with van der Waals surface area (Å²) in [5.74, 6) is -0.114. The summed E-state index contributed by atoms with van der Waals surface area (Å²) in [5, 5.41) is 0. The summed E-state index contributed by atoms with van der Waals surface area (Å²) < 4.78 is 37.2. The van der Waals surface area contributed by atoms with Crippen LogP contribution in [0, 0.1) is 11.7 Å². The lowest BCUT2D eigenvalue weighted by Crippen LogP contribution is -2.16. The molecule has 100 valence electrons. The van der Waals surface area contributed by atoms with E-state index in [-0.39, 0.29) is 23.1 Å². The summed E-state index contributed by atoms with van der Waals surface area (Å²) in [5.41, 5.74) is 6.21. The summed E-state index contributed by atoms with van der Waals surface area (Å²) in [6.45, 7) is 0. The minimum Gasteiger partial charge on any atom is -0.399 e. The van der Waals surface area contributed by atoms with Crippen molar-refractivity contribution in [2.45, 2.75) is 31.4 Å². The van der Waals surface area contributed by atoms with Gasteiger partial charge in [0.15, 0.2) is 9.84 Å². The maximum Gasteiger partial charge on any atom is 0.154 e. The van der Waals surface area contributed by atoms with Crippen LogP contribution >= 0.6 is 0 Å². The van der Waals surface area contributed by atoms with Crippen LogP contribution in [0.1, 0.15) is 31.2 Å². The van der Waals surface area contributed by atoms with E-state index in [4.69, 9.17) is 5.73 Å². The maximum absolute atomic E-state index is 13.1. The minimum absolute atomic E-state index is 0.120. The summed E-state index contributed by atoms with van der Waals surface area (Å²) in [7, 11) is -3.17. The van der Waals surface area contributed by atoms with Gasteiger partial charge in [0.1, 0.15) is 5.82 Å². The fourth-order valence-corrected chi connectivity index (χ4v) is 4.45. The van der Waals surface area contributed by atoms with Crippen LogP contribution in [0.4, 0.5) is 10.1 Å². The molecule has 0 aromatic heterocycles. The average molecular weight is 271 g/mol. The van der Waals surface area contributed by atoms with Gasteiger partial charge in [-0.2, -0.15) is 0 Å². The Morgan fingerprint density at radius 1 is 1.22 bits per heavy atom. The van der Waals surface area contributed by atoms with Crippen molar-refractivity contribution in [1.29, 1.82) is 0 Å². The zero-order valence-corrected chi connectivity index (χ0v) is 11.0. The molecule has 0 unspecified atom stereocenters. The smallest absolute Gasteiger partial charge is 0.154 e. The highest BCUT2D eigenvalue weighted by molar-refractivity contribution is 7.90. The van der Waals surface area contributed by atoms with Crippen molar-refractivity contribution in [3.05, 3.63) is 29.6 Å². The second-order valence-electron chi connectivity index (χ2n) is 5.10. The van der Waals surface area contributed by atoms with Crippen molar-refractivity contribution in [2.24, 2.45) is 5.92 Å². The Morgan fingerprint density at radius 3 is 2.50 bits per heavy atom. The van der Waals surface area contributed by atoms with Crippen molar-refractivity contribution in [1.82, 2.24) is 0 Å². The van der Waals surface area contributed by atoms with Crippen molar-refractivity contribution < 1.29 is 12.8 Å². The van der Waals surface area contributed by atoms with E-state index in [0.717, 1.165) is 25.7 Å². The first-order valence-electron chi connectivity index (χ1n) is 6.20. The standard InChI is InChI=1S/C13H18FNO2S/c14-12-5-11(6-13(15)7-12)9-18(16,17)8-10-3-1-2-4-10/h5-7,10H,1-4,8-9,15H2. The van der Waals surface area contributed by atoms with Crippen LogP contribution in [0.5, 0.6) is 0 Å². The van der Waals surface area contributed by atoms with Crippen molar-refractivity contribution in [3.8, 4) is 0 Å². The molecule has 0 radical (unpaired) electrons. The number of nitrogens with two attached hydrogens (primary N) is 1. The molecule has 1 aromatic carbocycles. The molecule has 1 aliphatic rings. The first kappa shape index (κ1) is 13.3. The van der Waals surface area contributed by atoms with Crippen LogP contribution in [0.2, 0.25) is 0 Å². The highest BCUT2D eigenvalue weighted by Gasteiger charge is 2.23. The Morgan fingerprint density at radius 2 is 1.89 bits per heavy atom. The summed E-state index contributed by atoms with van der Waals surface area (Å²) in [6, 6.07) is 3.95. The number of nitrogen functional groups attached to an aromatic ring is 1. The molecule has 1 saturated carbocycles. The molecule has 2 rings (SSSR count). The molecule has 0 aliphatic heterocycles. The fraction of sp³-hybridized carbons (Fsp3) is 0.538. The topological polar surface area (TPSA) is 60.2 Å². The van der Waals surface area contributed by atoms with E-state index in [1.165, 1.54) is 18.2 Å². The van der Waals surface area contributed by atoms with Crippen molar-refractivity contribution >= 4 is 15.5 Å². The van der Waals surface area contributed by atoms with Crippen molar-refractivity contribution in [2.75, 3.05) is 11.5 Å². The Hall–Kier alpha value is -1.10. The van der Waals surface area contributed by atoms with E-state index in [9.17, 15) is 12.8 Å². The molecular weight excluding hydrogens is 253 g/mol. The predicted octanol–water partition coefficient (Wildman–Crippen LogP) is 2.51. The Labute approximate surface area is 107 Å². The number of benzene rings is 1. The predicted molar refractivity (Wildman–Crippen MR) is 70.3 cm³/mol. The van der Waals surface area contributed by atoms with Gasteiger partial charge in [-0.15, -0.1) is 0 Å². The summed E-state index contributed by atoms with van der Waals surface area (Å²) in [4.78, 5) is 0. The van der Waals surface area contributed by atoms with Gasteiger partial charge in [-0.3, -0.25) is 0 Å².